The number of rotatable bonds is 2. The van der Waals surface area contributed by atoms with Gasteiger partial charge in [-0.25, -0.2) is 0 Å². The van der Waals surface area contributed by atoms with Crippen LogP contribution in [0, 0.1) is 0 Å². The summed E-state index contributed by atoms with van der Waals surface area (Å²) in [4.78, 5) is 5.12. The van der Waals surface area contributed by atoms with Crippen LogP contribution in [0.5, 0.6) is 0 Å². The van der Waals surface area contributed by atoms with Gasteiger partial charge in [-0.3, -0.25) is 0 Å². The molecule has 2 aromatic heterocycles. The van der Waals surface area contributed by atoms with Crippen LogP contribution in [0.1, 0.15) is 16.6 Å². The smallest absolute Gasteiger partial charge is 0.278 e. The lowest BCUT2D eigenvalue weighted by atomic mass is 10.3. The first-order valence-corrected chi connectivity index (χ1v) is 5.99. The number of hydrogen-bond donors (Lipinski definition) is 0. The van der Waals surface area contributed by atoms with Crippen molar-refractivity contribution < 1.29 is 4.52 Å². The van der Waals surface area contributed by atoms with Gasteiger partial charge in [0, 0.05) is 11.3 Å². The van der Waals surface area contributed by atoms with Crippen LogP contribution in [-0.2, 0) is 10.2 Å². The lowest BCUT2D eigenvalue weighted by Gasteiger charge is -2.01. The van der Waals surface area contributed by atoms with E-state index in [1.54, 1.807) is 11.3 Å². The predicted octanol–water partition coefficient (Wildman–Crippen LogP) is 3.55. The molecule has 0 fully saturated rings. The Bertz CT molecular complexity index is 435. The Morgan fingerprint density at radius 2 is 2.20 bits per heavy atom. The van der Waals surface area contributed by atoms with Gasteiger partial charge >= 0.3 is 0 Å². The first kappa shape index (κ1) is 11.2. The summed E-state index contributed by atoms with van der Waals surface area (Å²) in [7, 11) is 0. The van der Waals surface area contributed by atoms with Crippen molar-refractivity contribution in [3.63, 3.8) is 0 Å². The summed E-state index contributed by atoms with van der Waals surface area (Å²) >= 11 is 18.4. The summed E-state index contributed by atoms with van der Waals surface area (Å²) in [6.07, 6.45) is 0.585. The third kappa shape index (κ3) is 2.84. The molecule has 15 heavy (non-hydrogen) atoms. The summed E-state index contributed by atoms with van der Waals surface area (Å²) in [6.45, 7) is 0. The Balaban J connectivity index is 2.15. The van der Waals surface area contributed by atoms with Gasteiger partial charge in [0.2, 0.25) is 0 Å². The molecule has 0 bridgehead atoms. The molecule has 0 aromatic carbocycles. The molecule has 0 atom stereocenters. The molecule has 2 aromatic rings. The van der Waals surface area contributed by atoms with Crippen LogP contribution in [-0.4, -0.2) is 10.1 Å². The topological polar surface area (TPSA) is 38.9 Å². The molecule has 7 heteroatoms. The zero-order valence-electron chi connectivity index (χ0n) is 7.28. The van der Waals surface area contributed by atoms with Gasteiger partial charge < -0.3 is 4.52 Å². The van der Waals surface area contributed by atoms with Crippen molar-refractivity contribution in [1.29, 1.82) is 0 Å². The van der Waals surface area contributed by atoms with E-state index in [1.165, 1.54) is 0 Å². The molecule has 0 saturated carbocycles. The molecule has 0 N–H and O–H groups in total. The van der Waals surface area contributed by atoms with Crippen molar-refractivity contribution >= 4 is 46.1 Å². The normalized spacial score (nSPS) is 11.9. The molecule has 3 nitrogen and oxygen atoms in total. The average Bonchev–Trinajstić information content (AvgIpc) is 2.73. The minimum atomic E-state index is -1.65. The van der Waals surface area contributed by atoms with Crippen molar-refractivity contribution in [3.8, 4) is 0 Å². The third-order valence-corrected chi connectivity index (χ3v) is 2.98. The van der Waals surface area contributed by atoms with E-state index in [1.807, 2.05) is 17.5 Å². The number of halogens is 3. The Labute approximate surface area is 105 Å². The van der Waals surface area contributed by atoms with Crippen LogP contribution in [0.2, 0.25) is 0 Å². The van der Waals surface area contributed by atoms with Crippen LogP contribution < -0.4 is 0 Å². The number of alkyl halides is 3. The highest BCUT2D eigenvalue weighted by molar-refractivity contribution is 7.09. The summed E-state index contributed by atoms with van der Waals surface area (Å²) in [6, 6.07) is 3.94. The number of aromatic nitrogens is 2. The van der Waals surface area contributed by atoms with Crippen LogP contribution in [0.25, 0.3) is 0 Å². The van der Waals surface area contributed by atoms with Gasteiger partial charge in [0.1, 0.15) is 0 Å². The number of hydrogen-bond acceptors (Lipinski definition) is 4. The molecular formula is C8H5Cl3N2OS. The lowest BCUT2D eigenvalue weighted by molar-refractivity contribution is 0.378. The summed E-state index contributed by atoms with van der Waals surface area (Å²) < 4.78 is 3.17. The fraction of sp³-hybridized carbons (Fsp3) is 0.250. The van der Waals surface area contributed by atoms with Gasteiger partial charge in [-0.1, -0.05) is 46.0 Å². The highest BCUT2D eigenvalue weighted by Gasteiger charge is 2.30. The van der Waals surface area contributed by atoms with Crippen molar-refractivity contribution in [3.05, 3.63) is 34.1 Å². The minimum absolute atomic E-state index is 0.000874. The standard InChI is InChI=1S/C8H5Cl3N2OS/c9-8(10,11)7-12-6(13-14-7)4-5-2-1-3-15-5/h1-3H,4H2. The maximum absolute atomic E-state index is 5.59. The van der Waals surface area contributed by atoms with Crippen molar-refractivity contribution in [2.75, 3.05) is 0 Å². The molecule has 0 radical (unpaired) electrons. The monoisotopic (exact) mass is 282 g/mol. The number of nitrogens with zero attached hydrogens (tertiary/aromatic N) is 2. The Hall–Kier alpha value is -0.290. The summed E-state index contributed by atoms with van der Waals surface area (Å²) in [5.41, 5.74) is 0. The zero-order chi connectivity index (χ0) is 10.9. The average molecular weight is 284 g/mol. The van der Waals surface area contributed by atoms with Crippen molar-refractivity contribution in [2.45, 2.75) is 10.2 Å². The third-order valence-electron chi connectivity index (χ3n) is 1.62. The van der Waals surface area contributed by atoms with E-state index in [4.69, 9.17) is 39.3 Å². The van der Waals surface area contributed by atoms with E-state index < -0.39 is 3.79 Å². The van der Waals surface area contributed by atoms with Crippen molar-refractivity contribution in [1.82, 2.24) is 10.1 Å². The van der Waals surface area contributed by atoms with Gasteiger partial charge in [-0.05, 0) is 11.4 Å². The first-order chi connectivity index (χ1) is 7.05. The van der Waals surface area contributed by atoms with E-state index >= 15 is 0 Å². The molecule has 0 amide bonds. The number of thiophene rings is 1. The fourth-order valence-electron chi connectivity index (χ4n) is 1.01. The Morgan fingerprint density at radius 3 is 2.73 bits per heavy atom. The summed E-state index contributed by atoms with van der Waals surface area (Å²) in [5, 5.41) is 5.70. The Morgan fingerprint density at radius 1 is 1.40 bits per heavy atom. The second-order valence-corrected chi connectivity index (χ2v) is 6.08. The molecule has 0 unspecified atom stereocenters. The van der Waals surface area contributed by atoms with Crippen molar-refractivity contribution in [2.24, 2.45) is 0 Å². The van der Waals surface area contributed by atoms with Crippen LogP contribution >= 0.6 is 46.1 Å². The van der Waals surface area contributed by atoms with Crippen LogP contribution in [0.3, 0.4) is 0 Å². The molecular weight excluding hydrogens is 279 g/mol. The highest BCUT2D eigenvalue weighted by atomic mass is 35.6. The van der Waals surface area contributed by atoms with E-state index in [-0.39, 0.29) is 5.89 Å². The molecule has 0 aliphatic rings. The van der Waals surface area contributed by atoms with Gasteiger partial charge in [0.25, 0.3) is 9.68 Å². The van der Waals surface area contributed by atoms with E-state index in [9.17, 15) is 0 Å². The maximum atomic E-state index is 5.59. The second kappa shape index (κ2) is 4.29. The van der Waals surface area contributed by atoms with E-state index in [0.29, 0.717) is 12.2 Å². The van der Waals surface area contributed by atoms with E-state index in [2.05, 4.69) is 10.1 Å². The fourth-order valence-corrected chi connectivity index (χ4v) is 1.94. The molecule has 2 heterocycles. The predicted molar refractivity (Wildman–Crippen MR) is 60.7 cm³/mol. The van der Waals surface area contributed by atoms with Gasteiger partial charge in [-0.15, -0.1) is 11.3 Å². The molecule has 2 rings (SSSR count). The lowest BCUT2D eigenvalue weighted by Crippen LogP contribution is -2.00. The molecule has 0 aliphatic heterocycles. The minimum Gasteiger partial charge on any atom is -0.335 e. The van der Waals surface area contributed by atoms with Gasteiger partial charge in [-0.2, -0.15) is 4.98 Å². The second-order valence-electron chi connectivity index (χ2n) is 2.77. The Kier molecular flexibility index (Phi) is 3.21. The zero-order valence-corrected chi connectivity index (χ0v) is 10.4. The highest BCUT2D eigenvalue weighted by Crippen LogP contribution is 2.36. The molecule has 0 aliphatic carbocycles. The quantitative estimate of drug-likeness (QED) is 0.791. The molecule has 80 valence electrons. The molecule has 0 spiro atoms. The van der Waals surface area contributed by atoms with Crippen LogP contribution in [0.4, 0.5) is 0 Å². The van der Waals surface area contributed by atoms with E-state index in [0.717, 1.165) is 4.88 Å². The van der Waals surface area contributed by atoms with Gasteiger partial charge in [0.05, 0.1) is 0 Å². The van der Waals surface area contributed by atoms with Crippen LogP contribution in [0.15, 0.2) is 22.0 Å². The SMILES string of the molecule is ClC(Cl)(Cl)c1nc(Cc2cccs2)no1. The molecule has 0 saturated heterocycles. The largest absolute Gasteiger partial charge is 0.335 e. The van der Waals surface area contributed by atoms with Gasteiger partial charge in [0.15, 0.2) is 5.82 Å². The summed E-state index contributed by atoms with van der Waals surface area (Å²) in [5.74, 6) is 0.512. The first-order valence-electron chi connectivity index (χ1n) is 3.98. The maximum Gasteiger partial charge on any atom is 0.278 e.